The Morgan fingerprint density at radius 2 is 2.04 bits per heavy atom. The van der Waals surface area contributed by atoms with E-state index in [1.54, 1.807) is 6.20 Å². The van der Waals surface area contributed by atoms with Crippen LogP contribution in [0.1, 0.15) is 39.8 Å². The van der Waals surface area contributed by atoms with Gasteiger partial charge in [-0.3, -0.25) is 9.78 Å². The van der Waals surface area contributed by atoms with Gasteiger partial charge in [0.15, 0.2) is 5.82 Å². The Balaban J connectivity index is 2.04. The summed E-state index contributed by atoms with van der Waals surface area (Å²) in [5.74, 6) is 1.03. The number of carbonyl (C=O) groups is 1. The van der Waals surface area contributed by atoms with Crippen molar-refractivity contribution in [1.82, 2.24) is 15.0 Å². The maximum atomic E-state index is 11.8. The van der Waals surface area contributed by atoms with Gasteiger partial charge in [0, 0.05) is 24.5 Å². The Labute approximate surface area is 142 Å². The van der Waals surface area contributed by atoms with Crippen LogP contribution < -0.4 is 5.32 Å². The molecule has 2 rings (SSSR count). The largest absolute Gasteiger partial charge is 0.460 e. The standard InChI is InChI=1S/C18H24N4O2/c1-5-13-12-15(20-11-9-16(23)24-18(2,3)4)22-17(21-13)14-8-6-7-10-19-14/h6-8,10,12H,5,9,11H2,1-4H3,(H,20,21,22). The molecule has 0 saturated carbocycles. The third kappa shape index (κ3) is 5.61. The number of aromatic nitrogens is 3. The molecule has 0 aliphatic carbocycles. The zero-order valence-electron chi connectivity index (χ0n) is 14.7. The molecule has 2 heterocycles. The molecule has 2 aromatic heterocycles. The first-order valence-electron chi connectivity index (χ1n) is 8.12. The molecule has 6 heteroatoms. The van der Waals surface area contributed by atoms with Crippen LogP contribution in [0.2, 0.25) is 0 Å². The number of nitrogens with zero attached hydrogens (tertiary/aromatic N) is 3. The molecule has 0 bridgehead atoms. The number of carbonyl (C=O) groups excluding carboxylic acids is 1. The quantitative estimate of drug-likeness (QED) is 0.820. The van der Waals surface area contributed by atoms with Gasteiger partial charge in [-0.05, 0) is 39.3 Å². The van der Waals surface area contributed by atoms with Gasteiger partial charge in [0.2, 0.25) is 0 Å². The molecule has 0 amide bonds. The van der Waals surface area contributed by atoms with E-state index in [0.717, 1.165) is 17.8 Å². The predicted molar refractivity (Wildman–Crippen MR) is 93.6 cm³/mol. The number of esters is 1. The molecule has 0 aliphatic heterocycles. The molecule has 1 N–H and O–H groups in total. The number of aryl methyl sites for hydroxylation is 1. The Bertz CT molecular complexity index is 681. The molecule has 0 atom stereocenters. The minimum atomic E-state index is -0.465. The summed E-state index contributed by atoms with van der Waals surface area (Å²) in [7, 11) is 0. The molecule has 0 unspecified atom stereocenters. The second-order valence-corrected chi connectivity index (χ2v) is 6.40. The van der Waals surface area contributed by atoms with Gasteiger partial charge in [-0.1, -0.05) is 13.0 Å². The molecule has 0 fully saturated rings. The van der Waals surface area contributed by atoms with E-state index in [0.29, 0.717) is 18.2 Å². The van der Waals surface area contributed by atoms with Crippen LogP contribution in [0.15, 0.2) is 30.5 Å². The van der Waals surface area contributed by atoms with Crippen molar-refractivity contribution in [2.45, 2.75) is 46.1 Å². The summed E-state index contributed by atoms with van der Waals surface area (Å²) in [6.07, 6.45) is 2.79. The van der Waals surface area contributed by atoms with Crippen molar-refractivity contribution in [2.75, 3.05) is 11.9 Å². The van der Waals surface area contributed by atoms with E-state index in [2.05, 4.69) is 20.3 Å². The van der Waals surface area contributed by atoms with Crippen molar-refractivity contribution >= 4 is 11.8 Å². The highest BCUT2D eigenvalue weighted by molar-refractivity contribution is 5.70. The normalized spacial score (nSPS) is 11.2. The van der Waals surface area contributed by atoms with Crippen LogP contribution in [0.4, 0.5) is 5.82 Å². The highest BCUT2D eigenvalue weighted by Crippen LogP contribution is 2.16. The lowest BCUT2D eigenvalue weighted by atomic mass is 10.2. The smallest absolute Gasteiger partial charge is 0.308 e. The molecule has 0 aromatic carbocycles. The molecule has 0 aliphatic rings. The van der Waals surface area contributed by atoms with Crippen LogP contribution in [0.3, 0.4) is 0 Å². The zero-order chi connectivity index (χ0) is 17.6. The summed E-state index contributed by atoms with van der Waals surface area (Å²) < 4.78 is 5.29. The van der Waals surface area contributed by atoms with Gasteiger partial charge >= 0.3 is 5.97 Å². The van der Waals surface area contributed by atoms with Crippen molar-refractivity contribution in [2.24, 2.45) is 0 Å². The lowest BCUT2D eigenvalue weighted by molar-refractivity contribution is -0.154. The van der Waals surface area contributed by atoms with Crippen molar-refractivity contribution < 1.29 is 9.53 Å². The summed E-state index contributed by atoms with van der Waals surface area (Å²) in [5, 5.41) is 3.17. The third-order valence-corrected chi connectivity index (χ3v) is 3.09. The Morgan fingerprint density at radius 3 is 2.67 bits per heavy atom. The van der Waals surface area contributed by atoms with E-state index in [1.807, 2.05) is 52.0 Å². The molecule has 6 nitrogen and oxygen atoms in total. The number of ether oxygens (including phenoxy) is 1. The Morgan fingerprint density at radius 1 is 1.25 bits per heavy atom. The molecule has 0 radical (unpaired) electrons. The number of hydrogen-bond donors (Lipinski definition) is 1. The maximum absolute atomic E-state index is 11.8. The van der Waals surface area contributed by atoms with E-state index >= 15 is 0 Å². The molecule has 0 saturated heterocycles. The first-order chi connectivity index (χ1) is 11.4. The fourth-order valence-corrected chi connectivity index (χ4v) is 2.06. The molecule has 0 spiro atoms. The average Bonchev–Trinajstić information content (AvgIpc) is 2.53. The van der Waals surface area contributed by atoms with Crippen LogP contribution in [0.5, 0.6) is 0 Å². The Kier molecular flexibility index (Phi) is 5.84. The molecule has 128 valence electrons. The van der Waals surface area contributed by atoms with Gasteiger partial charge in [0.05, 0.1) is 6.42 Å². The van der Waals surface area contributed by atoms with Crippen molar-refractivity contribution in [3.8, 4) is 11.5 Å². The summed E-state index contributed by atoms with van der Waals surface area (Å²) >= 11 is 0. The van der Waals surface area contributed by atoms with Crippen LogP contribution in [-0.4, -0.2) is 33.1 Å². The highest BCUT2D eigenvalue weighted by atomic mass is 16.6. The molecule has 24 heavy (non-hydrogen) atoms. The number of pyridine rings is 1. The highest BCUT2D eigenvalue weighted by Gasteiger charge is 2.16. The van der Waals surface area contributed by atoms with Gasteiger partial charge < -0.3 is 10.1 Å². The first kappa shape index (κ1) is 17.8. The predicted octanol–water partition coefficient (Wildman–Crippen LogP) is 3.24. The number of hydrogen-bond acceptors (Lipinski definition) is 6. The summed E-state index contributed by atoms with van der Waals surface area (Å²) in [5.41, 5.74) is 1.18. The average molecular weight is 328 g/mol. The lowest BCUT2D eigenvalue weighted by Crippen LogP contribution is -2.25. The van der Waals surface area contributed by atoms with E-state index in [1.165, 1.54) is 0 Å². The molecular weight excluding hydrogens is 304 g/mol. The summed E-state index contributed by atoms with van der Waals surface area (Å²) in [4.78, 5) is 25.0. The topological polar surface area (TPSA) is 77.0 Å². The second-order valence-electron chi connectivity index (χ2n) is 6.40. The lowest BCUT2D eigenvalue weighted by Gasteiger charge is -2.19. The van der Waals surface area contributed by atoms with Gasteiger partial charge in [-0.25, -0.2) is 9.97 Å². The van der Waals surface area contributed by atoms with Crippen molar-refractivity contribution in [3.05, 3.63) is 36.2 Å². The fraction of sp³-hybridized carbons (Fsp3) is 0.444. The number of nitrogens with one attached hydrogen (secondary N) is 1. The molecular formula is C18H24N4O2. The van der Waals surface area contributed by atoms with Crippen molar-refractivity contribution in [1.29, 1.82) is 0 Å². The zero-order valence-corrected chi connectivity index (χ0v) is 14.7. The van der Waals surface area contributed by atoms with Gasteiger partial charge in [0.1, 0.15) is 17.1 Å². The number of rotatable bonds is 6. The SMILES string of the molecule is CCc1cc(NCCC(=O)OC(C)(C)C)nc(-c2ccccn2)n1. The Hall–Kier alpha value is -2.50. The van der Waals surface area contributed by atoms with E-state index < -0.39 is 5.60 Å². The monoisotopic (exact) mass is 328 g/mol. The van der Waals surface area contributed by atoms with E-state index in [4.69, 9.17) is 4.74 Å². The third-order valence-electron chi connectivity index (χ3n) is 3.09. The first-order valence-corrected chi connectivity index (χ1v) is 8.12. The fourth-order valence-electron chi connectivity index (χ4n) is 2.06. The van der Waals surface area contributed by atoms with Crippen LogP contribution in [0, 0.1) is 0 Å². The van der Waals surface area contributed by atoms with Gasteiger partial charge in [-0.2, -0.15) is 0 Å². The van der Waals surface area contributed by atoms with Crippen molar-refractivity contribution in [3.63, 3.8) is 0 Å². The van der Waals surface area contributed by atoms with E-state index in [-0.39, 0.29) is 12.4 Å². The minimum Gasteiger partial charge on any atom is -0.460 e. The van der Waals surface area contributed by atoms with Crippen LogP contribution in [0.25, 0.3) is 11.5 Å². The van der Waals surface area contributed by atoms with Gasteiger partial charge in [0.25, 0.3) is 0 Å². The van der Waals surface area contributed by atoms with Crippen LogP contribution >= 0.6 is 0 Å². The second kappa shape index (κ2) is 7.86. The minimum absolute atomic E-state index is 0.232. The van der Waals surface area contributed by atoms with Crippen LogP contribution in [-0.2, 0) is 16.0 Å². The summed E-state index contributed by atoms with van der Waals surface area (Å²) in [6, 6.07) is 7.52. The molecule has 2 aromatic rings. The summed E-state index contributed by atoms with van der Waals surface area (Å²) in [6.45, 7) is 8.06. The van der Waals surface area contributed by atoms with Gasteiger partial charge in [-0.15, -0.1) is 0 Å². The maximum Gasteiger partial charge on any atom is 0.308 e. The van der Waals surface area contributed by atoms with E-state index in [9.17, 15) is 4.79 Å². The number of anilines is 1.